The Hall–Kier alpha value is -2.98. The number of esters is 2. The van der Waals surface area contributed by atoms with Crippen molar-refractivity contribution in [2.45, 2.75) is 13.0 Å². The van der Waals surface area contributed by atoms with E-state index in [1.807, 2.05) is 59.4 Å². The minimum Gasteiger partial charge on any atom is -0.748 e. The second kappa shape index (κ2) is 12.6. The molecule has 30 heavy (non-hydrogen) atoms. The first-order valence-electron chi connectivity index (χ1n) is 8.86. The van der Waals surface area contributed by atoms with Crippen molar-refractivity contribution in [3.63, 3.8) is 0 Å². The minimum absolute atomic E-state index is 0.222. The number of nitrogens with zero attached hydrogens (tertiary/aromatic N) is 1. The maximum Gasteiger partial charge on any atom is 0.320 e. The molecule has 164 valence electrons. The molecule has 0 spiro atoms. The van der Waals surface area contributed by atoms with Gasteiger partial charge >= 0.3 is 11.9 Å². The van der Waals surface area contributed by atoms with Crippen LogP contribution in [0.2, 0.25) is 0 Å². The van der Waals surface area contributed by atoms with Crippen molar-refractivity contribution in [1.29, 1.82) is 0 Å². The van der Waals surface area contributed by atoms with Crippen LogP contribution in [0.25, 0.3) is 0 Å². The first-order valence-corrected chi connectivity index (χ1v) is 10.7. The number of aromatic nitrogens is 1. The molecule has 1 aromatic heterocycles. The molecule has 0 amide bonds. The molecule has 0 radical (unpaired) electrons. The van der Waals surface area contributed by atoms with Gasteiger partial charge in [0, 0.05) is 18.4 Å². The maximum atomic E-state index is 11.7. The fourth-order valence-electron chi connectivity index (χ4n) is 2.36. The van der Waals surface area contributed by atoms with Gasteiger partial charge in [0.05, 0.1) is 24.3 Å². The number of carbonyl (C=O) groups excluding carboxylic acids is 2. The van der Waals surface area contributed by atoms with Crippen LogP contribution in [0.3, 0.4) is 0 Å². The largest absolute Gasteiger partial charge is 0.748 e. The lowest BCUT2D eigenvalue weighted by Crippen LogP contribution is -2.35. The van der Waals surface area contributed by atoms with Crippen molar-refractivity contribution in [3.05, 3.63) is 60.4 Å². The van der Waals surface area contributed by atoms with Crippen LogP contribution in [0.1, 0.15) is 5.56 Å². The molecule has 0 fully saturated rings. The highest BCUT2D eigenvalue weighted by Crippen LogP contribution is 2.17. The van der Waals surface area contributed by atoms with Gasteiger partial charge in [0.15, 0.2) is 24.9 Å². The minimum atomic E-state index is -3.92. The van der Waals surface area contributed by atoms with Crippen molar-refractivity contribution in [2.75, 3.05) is 27.1 Å². The summed E-state index contributed by atoms with van der Waals surface area (Å²) < 4.78 is 44.3. The lowest BCUT2D eigenvalue weighted by atomic mass is 9.99. The van der Waals surface area contributed by atoms with Crippen LogP contribution in [0, 0.1) is 5.92 Å². The Labute approximate surface area is 176 Å². The average molecular weight is 439 g/mol. The molecule has 0 unspecified atom stereocenters. The molecule has 0 aliphatic rings. The van der Waals surface area contributed by atoms with Gasteiger partial charge in [-0.3, -0.25) is 9.59 Å². The van der Waals surface area contributed by atoms with E-state index in [4.69, 9.17) is 17.7 Å². The summed E-state index contributed by atoms with van der Waals surface area (Å²) >= 11 is 0. The molecule has 10 heteroatoms. The molecule has 9 nitrogen and oxygen atoms in total. The van der Waals surface area contributed by atoms with Gasteiger partial charge in [-0.25, -0.2) is 13.0 Å². The smallest absolute Gasteiger partial charge is 0.320 e. The molecule has 0 aliphatic heterocycles. The van der Waals surface area contributed by atoms with Gasteiger partial charge in [0.2, 0.25) is 0 Å². The van der Waals surface area contributed by atoms with Crippen LogP contribution in [0.4, 0.5) is 0 Å². The van der Waals surface area contributed by atoms with Crippen LogP contribution < -0.4 is 9.30 Å². The Balaban J connectivity index is 0.000000804. The molecule has 0 N–H and O–H groups in total. The summed E-state index contributed by atoms with van der Waals surface area (Å²) in [6, 6.07) is 13.2. The Bertz CT molecular complexity index is 874. The summed E-state index contributed by atoms with van der Waals surface area (Å²) in [4.78, 5) is 23.4. The molecule has 0 bridgehead atoms. The van der Waals surface area contributed by atoms with Crippen molar-refractivity contribution in [1.82, 2.24) is 0 Å². The first kappa shape index (κ1) is 25.1. The molecular formula is C20H25NO8S. The molecule has 2 rings (SSSR count). The van der Waals surface area contributed by atoms with Gasteiger partial charge in [-0.2, -0.15) is 0 Å². The van der Waals surface area contributed by atoms with Crippen LogP contribution in [-0.4, -0.2) is 52.0 Å². The zero-order valence-electron chi connectivity index (χ0n) is 17.0. The number of methoxy groups -OCH3 is 2. The summed E-state index contributed by atoms with van der Waals surface area (Å²) in [7, 11) is -1.42. The molecule has 0 aliphatic carbocycles. The highest BCUT2D eigenvalue weighted by molar-refractivity contribution is 7.84. The highest BCUT2D eigenvalue weighted by Gasteiger charge is 2.28. The van der Waals surface area contributed by atoms with Crippen molar-refractivity contribution in [3.8, 4) is 5.75 Å². The third kappa shape index (κ3) is 10.5. The topological polar surface area (TPSA) is 123 Å². The lowest BCUT2D eigenvalue weighted by molar-refractivity contribution is -0.697. The second-order valence-electron chi connectivity index (χ2n) is 6.11. The molecule has 2 aromatic rings. The Kier molecular flexibility index (Phi) is 10.5. The van der Waals surface area contributed by atoms with E-state index in [9.17, 15) is 9.59 Å². The number of carbonyl (C=O) groups is 2. The van der Waals surface area contributed by atoms with Crippen LogP contribution >= 0.6 is 0 Å². The molecule has 0 saturated heterocycles. The average Bonchev–Trinajstić information content (AvgIpc) is 2.71. The van der Waals surface area contributed by atoms with E-state index in [-0.39, 0.29) is 6.42 Å². The molecule has 1 aromatic carbocycles. The normalized spacial score (nSPS) is 10.6. The maximum absolute atomic E-state index is 11.7. The summed E-state index contributed by atoms with van der Waals surface area (Å²) in [5.74, 6) is -1.44. The Morgan fingerprint density at radius 3 is 1.97 bits per heavy atom. The zero-order chi connectivity index (χ0) is 22.6. The Morgan fingerprint density at radius 2 is 1.50 bits per heavy atom. The Morgan fingerprint density at radius 1 is 1.00 bits per heavy atom. The van der Waals surface area contributed by atoms with Gasteiger partial charge in [0.1, 0.15) is 12.4 Å². The van der Waals surface area contributed by atoms with Crippen molar-refractivity contribution in [2.24, 2.45) is 5.92 Å². The van der Waals surface area contributed by atoms with Crippen LogP contribution in [0.15, 0.2) is 54.9 Å². The fourth-order valence-corrected chi connectivity index (χ4v) is 2.36. The van der Waals surface area contributed by atoms with Gasteiger partial charge in [-0.05, 0) is 24.1 Å². The number of pyridine rings is 1. The van der Waals surface area contributed by atoms with E-state index in [1.54, 1.807) is 0 Å². The number of rotatable bonds is 8. The summed E-state index contributed by atoms with van der Waals surface area (Å²) in [6.07, 6.45) is 4.78. The van der Waals surface area contributed by atoms with E-state index in [0.717, 1.165) is 17.9 Å². The standard InChI is InChI=1S/C19H22NO5.CH4O3S/c1-23-18(21)17(19(22)24-2)14-15-6-8-16(9-7-15)25-13-12-20-10-4-3-5-11-20;1-5(2,3)4/h3-11,17H,12-14H2,1-2H3;1H3,(H,2,3,4)/q+1;/p-1. The fraction of sp³-hybridized carbons (Fsp3) is 0.350. The van der Waals surface area contributed by atoms with E-state index in [2.05, 4.69) is 9.47 Å². The molecular weight excluding hydrogens is 414 g/mol. The predicted octanol–water partition coefficient (Wildman–Crippen LogP) is 0.719. The van der Waals surface area contributed by atoms with E-state index >= 15 is 0 Å². The number of hydrogen-bond acceptors (Lipinski definition) is 8. The van der Waals surface area contributed by atoms with Crippen LogP contribution in [0.5, 0.6) is 5.75 Å². The molecule has 0 saturated carbocycles. The van der Waals surface area contributed by atoms with Crippen LogP contribution in [-0.2, 0) is 42.1 Å². The first-order chi connectivity index (χ1) is 14.1. The third-order valence-electron chi connectivity index (χ3n) is 3.73. The van der Waals surface area contributed by atoms with Gasteiger partial charge in [0.25, 0.3) is 0 Å². The quantitative estimate of drug-likeness (QED) is 0.255. The summed E-state index contributed by atoms with van der Waals surface area (Å²) in [6.45, 7) is 1.29. The zero-order valence-corrected chi connectivity index (χ0v) is 17.8. The number of benzene rings is 1. The van der Waals surface area contributed by atoms with E-state index in [0.29, 0.717) is 12.9 Å². The van der Waals surface area contributed by atoms with Crippen molar-refractivity contribution < 1.29 is 41.3 Å². The molecule has 0 atom stereocenters. The van der Waals surface area contributed by atoms with Gasteiger partial charge in [-0.15, -0.1) is 0 Å². The lowest BCUT2D eigenvalue weighted by Gasteiger charge is -2.12. The second-order valence-corrected chi connectivity index (χ2v) is 7.52. The predicted molar refractivity (Wildman–Crippen MR) is 105 cm³/mol. The van der Waals surface area contributed by atoms with E-state index < -0.39 is 28.0 Å². The summed E-state index contributed by atoms with van der Waals surface area (Å²) in [5, 5.41) is 0. The van der Waals surface area contributed by atoms with Gasteiger partial charge in [-0.1, -0.05) is 18.2 Å². The number of ether oxygens (including phenoxy) is 3. The van der Waals surface area contributed by atoms with Gasteiger partial charge < -0.3 is 18.8 Å². The van der Waals surface area contributed by atoms with E-state index in [1.165, 1.54) is 14.2 Å². The number of hydrogen-bond donors (Lipinski definition) is 0. The third-order valence-corrected chi connectivity index (χ3v) is 3.73. The molecule has 1 heterocycles. The monoisotopic (exact) mass is 439 g/mol. The summed E-state index contributed by atoms with van der Waals surface area (Å²) in [5.41, 5.74) is 0.825. The SMILES string of the molecule is COC(=O)C(Cc1ccc(OCC[n+]2ccccc2)cc1)C(=O)OC.CS(=O)(=O)[O-]. The highest BCUT2D eigenvalue weighted by atomic mass is 32.2. The van der Waals surface area contributed by atoms with Crippen molar-refractivity contribution >= 4 is 22.1 Å².